The maximum Gasteiger partial charge on any atom is 0.315 e. The highest BCUT2D eigenvalue weighted by Gasteiger charge is 2.20. The van der Waals surface area contributed by atoms with E-state index in [1.165, 1.54) is 5.56 Å². The second kappa shape index (κ2) is 8.90. The molecule has 1 fully saturated rings. The lowest BCUT2D eigenvalue weighted by atomic mass is 10.0. The van der Waals surface area contributed by atoms with Crippen molar-refractivity contribution in [3.8, 4) is 0 Å². The molecule has 0 aliphatic carbocycles. The number of urea groups is 1. The van der Waals surface area contributed by atoms with Crippen LogP contribution in [0.4, 0.5) is 4.79 Å². The first kappa shape index (κ1) is 19.2. The molecule has 2 heterocycles. The molecule has 2 aromatic carbocycles. The van der Waals surface area contributed by atoms with Crippen LogP contribution in [0.3, 0.4) is 0 Å². The average molecular weight is 415 g/mol. The monoisotopic (exact) mass is 414 g/mol. The molecule has 0 unspecified atom stereocenters. The summed E-state index contributed by atoms with van der Waals surface area (Å²) < 4.78 is 1.15. The molecule has 1 aliphatic heterocycles. The van der Waals surface area contributed by atoms with Crippen molar-refractivity contribution in [2.75, 3.05) is 13.1 Å². The van der Waals surface area contributed by atoms with Gasteiger partial charge in [0.2, 0.25) is 0 Å². The van der Waals surface area contributed by atoms with Crippen LogP contribution in [0.2, 0.25) is 5.02 Å². The van der Waals surface area contributed by atoms with Crippen molar-refractivity contribution >= 4 is 39.2 Å². The first-order valence-electron chi connectivity index (χ1n) is 9.51. The minimum absolute atomic E-state index is 0.115. The number of thiazole rings is 1. The number of hydrogen-bond donors (Lipinski definition) is 2. The minimum atomic E-state index is -0.115. The topological polar surface area (TPSA) is 57.3 Å². The molecule has 5 nitrogen and oxygen atoms in total. The number of rotatable bonds is 5. The second-order valence-corrected chi connectivity index (χ2v) is 8.63. The van der Waals surface area contributed by atoms with Gasteiger partial charge in [-0.05, 0) is 42.7 Å². The molecule has 0 radical (unpaired) electrons. The van der Waals surface area contributed by atoms with Crippen LogP contribution >= 0.6 is 22.9 Å². The number of carbonyl (C=O) groups is 1. The number of hydrogen-bond acceptors (Lipinski definition) is 4. The van der Waals surface area contributed by atoms with E-state index < -0.39 is 0 Å². The smallest absolute Gasteiger partial charge is 0.315 e. The molecule has 1 saturated heterocycles. The third-order valence-corrected chi connectivity index (χ3v) is 6.27. The molecule has 146 valence electrons. The van der Waals surface area contributed by atoms with E-state index in [-0.39, 0.29) is 12.1 Å². The van der Waals surface area contributed by atoms with E-state index in [9.17, 15) is 4.79 Å². The van der Waals surface area contributed by atoms with E-state index in [4.69, 9.17) is 11.6 Å². The van der Waals surface area contributed by atoms with Crippen LogP contribution in [-0.4, -0.2) is 35.0 Å². The number of para-hydroxylation sites is 1. The van der Waals surface area contributed by atoms with Crippen LogP contribution in [0.15, 0.2) is 48.5 Å². The van der Waals surface area contributed by atoms with Gasteiger partial charge in [-0.2, -0.15) is 0 Å². The van der Waals surface area contributed by atoms with Gasteiger partial charge in [0.15, 0.2) is 0 Å². The third-order valence-electron chi connectivity index (χ3n) is 4.98. The number of piperidine rings is 1. The van der Waals surface area contributed by atoms with Crippen LogP contribution < -0.4 is 10.6 Å². The zero-order valence-electron chi connectivity index (χ0n) is 15.5. The average Bonchev–Trinajstić information content (AvgIpc) is 3.13. The Labute approximate surface area is 173 Å². The van der Waals surface area contributed by atoms with Gasteiger partial charge in [-0.25, -0.2) is 9.78 Å². The predicted octanol–water partition coefficient (Wildman–Crippen LogP) is 4.41. The number of nitrogens with one attached hydrogen (secondary N) is 2. The lowest BCUT2D eigenvalue weighted by Crippen LogP contribution is -2.47. The number of aromatic nitrogens is 1. The highest BCUT2D eigenvalue weighted by atomic mass is 35.5. The van der Waals surface area contributed by atoms with E-state index in [1.807, 2.05) is 36.4 Å². The van der Waals surface area contributed by atoms with Crippen LogP contribution in [0, 0.1) is 0 Å². The Morgan fingerprint density at radius 1 is 1.14 bits per heavy atom. The Balaban J connectivity index is 1.20. The number of benzene rings is 2. The lowest BCUT2D eigenvalue weighted by molar-refractivity contribution is 0.186. The van der Waals surface area contributed by atoms with Gasteiger partial charge in [-0.15, -0.1) is 11.3 Å². The van der Waals surface area contributed by atoms with Crippen molar-refractivity contribution in [1.82, 2.24) is 20.5 Å². The number of carbonyl (C=O) groups excluding carboxylic acids is 1. The predicted molar refractivity (Wildman–Crippen MR) is 115 cm³/mol. The zero-order valence-corrected chi connectivity index (χ0v) is 17.1. The fourth-order valence-electron chi connectivity index (χ4n) is 3.47. The van der Waals surface area contributed by atoms with E-state index in [0.717, 1.165) is 52.7 Å². The van der Waals surface area contributed by atoms with E-state index in [2.05, 4.69) is 32.7 Å². The van der Waals surface area contributed by atoms with Gasteiger partial charge in [0.25, 0.3) is 0 Å². The van der Waals surface area contributed by atoms with Crippen LogP contribution in [0.5, 0.6) is 0 Å². The van der Waals surface area contributed by atoms with Crippen molar-refractivity contribution in [3.05, 3.63) is 64.1 Å². The van der Waals surface area contributed by atoms with Crippen LogP contribution in [-0.2, 0) is 13.1 Å². The maximum atomic E-state index is 12.2. The normalized spacial score (nSPS) is 15.6. The Morgan fingerprint density at radius 2 is 1.89 bits per heavy atom. The molecule has 1 aromatic heterocycles. The lowest BCUT2D eigenvalue weighted by Gasteiger charge is -2.32. The summed E-state index contributed by atoms with van der Waals surface area (Å²) in [6, 6.07) is 16.1. The van der Waals surface area contributed by atoms with Gasteiger partial charge in [0.1, 0.15) is 5.01 Å². The highest BCUT2D eigenvalue weighted by Crippen LogP contribution is 2.21. The summed E-state index contributed by atoms with van der Waals surface area (Å²) >= 11 is 7.56. The quantitative estimate of drug-likeness (QED) is 0.650. The molecular formula is C21H23ClN4OS. The van der Waals surface area contributed by atoms with Gasteiger partial charge in [-0.3, -0.25) is 4.90 Å². The second-order valence-electron chi connectivity index (χ2n) is 7.08. The minimum Gasteiger partial charge on any atom is -0.335 e. The van der Waals surface area contributed by atoms with Gasteiger partial charge in [-0.1, -0.05) is 35.9 Å². The summed E-state index contributed by atoms with van der Waals surface area (Å²) in [4.78, 5) is 19.2. The molecule has 4 rings (SSSR count). The summed E-state index contributed by atoms with van der Waals surface area (Å²) in [5.41, 5.74) is 2.25. The molecule has 28 heavy (non-hydrogen) atoms. The largest absolute Gasteiger partial charge is 0.335 e. The first-order valence-corrected chi connectivity index (χ1v) is 10.7. The molecular weight excluding hydrogens is 392 g/mol. The first-order chi connectivity index (χ1) is 13.7. The number of nitrogens with zero attached hydrogens (tertiary/aromatic N) is 2. The fraction of sp³-hybridized carbons (Fsp3) is 0.333. The molecule has 7 heteroatoms. The van der Waals surface area contributed by atoms with Crippen molar-refractivity contribution in [2.45, 2.75) is 32.0 Å². The summed E-state index contributed by atoms with van der Waals surface area (Å²) in [6.07, 6.45) is 1.92. The summed E-state index contributed by atoms with van der Waals surface area (Å²) in [5.74, 6) is 0. The summed E-state index contributed by atoms with van der Waals surface area (Å²) in [5, 5.41) is 7.73. The summed E-state index contributed by atoms with van der Waals surface area (Å²) in [7, 11) is 0. The molecule has 0 spiro atoms. The third kappa shape index (κ3) is 5.01. The van der Waals surface area contributed by atoms with E-state index in [1.54, 1.807) is 11.3 Å². The Bertz CT molecular complexity index is 902. The van der Waals surface area contributed by atoms with Crippen LogP contribution in [0.25, 0.3) is 10.2 Å². The SMILES string of the molecule is O=C(NCc1nc2ccccc2s1)NC1CCN(Cc2ccc(Cl)cc2)CC1. The summed E-state index contributed by atoms with van der Waals surface area (Å²) in [6.45, 7) is 3.34. The molecule has 0 bridgehead atoms. The van der Waals surface area contributed by atoms with E-state index in [0.29, 0.717) is 6.54 Å². The fourth-order valence-corrected chi connectivity index (χ4v) is 4.50. The van der Waals surface area contributed by atoms with Crippen molar-refractivity contribution in [1.29, 1.82) is 0 Å². The zero-order chi connectivity index (χ0) is 19.3. The molecule has 2 N–H and O–H groups in total. The molecule has 0 saturated carbocycles. The standard InChI is InChI=1S/C21H23ClN4OS/c22-16-7-5-15(6-8-16)14-26-11-9-17(10-12-26)24-21(27)23-13-20-25-18-3-1-2-4-19(18)28-20/h1-8,17H,9-14H2,(H2,23,24,27). The molecule has 0 atom stereocenters. The highest BCUT2D eigenvalue weighted by molar-refractivity contribution is 7.18. The number of likely N-dealkylation sites (tertiary alicyclic amines) is 1. The van der Waals surface area contributed by atoms with Crippen LogP contribution in [0.1, 0.15) is 23.4 Å². The number of halogens is 1. The number of fused-ring (bicyclic) bond motifs is 1. The van der Waals surface area contributed by atoms with Crippen molar-refractivity contribution < 1.29 is 4.79 Å². The number of amides is 2. The van der Waals surface area contributed by atoms with Gasteiger partial charge >= 0.3 is 6.03 Å². The van der Waals surface area contributed by atoms with Gasteiger partial charge < -0.3 is 10.6 Å². The Hall–Kier alpha value is -2.15. The molecule has 3 aromatic rings. The Morgan fingerprint density at radius 3 is 2.64 bits per heavy atom. The van der Waals surface area contributed by atoms with Gasteiger partial charge in [0.05, 0.1) is 16.8 Å². The van der Waals surface area contributed by atoms with Crippen molar-refractivity contribution in [2.24, 2.45) is 0 Å². The molecule has 1 aliphatic rings. The van der Waals surface area contributed by atoms with Gasteiger partial charge in [0, 0.05) is 30.7 Å². The molecule has 2 amide bonds. The Kier molecular flexibility index (Phi) is 6.10. The van der Waals surface area contributed by atoms with E-state index >= 15 is 0 Å². The van der Waals surface area contributed by atoms with Crippen molar-refractivity contribution in [3.63, 3.8) is 0 Å². The maximum absolute atomic E-state index is 12.2.